The average molecular weight is 486 g/mol. The number of benzene rings is 1. The van der Waals surface area contributed by atoms with E-state index in [1.807, 2.05) is 43.9 Å². The molecule has 1 saturated carbocycles. The van der Waals surface area contributed by atoms with Gasteiger partial charge in [-0.25, -0.2) is 4.79 Å². The summed E-state index contributed by atoms with van der Waals surface area (Å²) in [4.78, 5) is 29.2. The summed E-state index contributed by atoms with van der Waals surface area (Å²) in [7, 11) is 0. The zero-order valence-corrected chi connectivity index (χ0v) is 20.9. The smallest absolute Gasteiger partial charge is 0.326 e. The molecule has 2 saturated heterocycles. The van der Waals surface area contributed by atoms with Crippen LogP contribution in [-0.4, -0.2) is 48.1 Å². The Kier molecular flexibility index (Phi) is 6.52. The number of hydrogen-bond acceptors (Lipinski definition) is 6. The quantitative estimate of drug-likeness (QED) is 0.511. The van der Waals surface area contributed by atoms with E-state index in [4.69, 9.17) is 10.5 Å². The maximum Gasteiger partial charge on any atom is 0.326 e. The minimum absolute atomic E-state index is 0.00801. The number of urea groups is 1. The number of thioether (sulfide) groups is 1. The highest BCUT2D eigenvalue weighted by Crippen LogP contribution is 2.48. The van der Waals surface area contributed by atoms with Gasteiger partial charge in [-0.1, -0.05) is 24.6 Å². The Morgan fingerprint density at radius 1 is 1.26 bits per heavy atom. The summed E-state index contributed by atoms with van der Waals surface area (Å²) in [6, 6.07) is 5.67. The van der Waals surface area contributed by atoms with Crippen LogP contribution in [0.4, 0.5) is 10.5 Å². The van der Waals surface area contributed by atoms with Gasteiger partial charge in [0.15, 0.2) is 0 Å². The fourth-order valence-corrected chi connectivity index (χ4v) is 7.12. The van der Waals surface area contributed by atoms with Crippen molar-refractivity contribution in [2.45, 2.75) is 82.5 Å². The molecule has 5 atom stereocenters. The predicted octanol–water partition coefficient (Wildman–Crippen LogP) is 2.96. The third-order valence-corrected chi connectivity index (χ3v) is 8.64. The Labute approximate surface area is 205 Å². The molecule has 9 heteroatoms. The molecular weight excluding hydrogens is 450 g/mol. The van der Waals surface area contributed by atoms with Crippen LogP contribution in [-0.2, 0) is 4.79 Å². The molecule has 3 heterocycles. The van der Waals surface area contributed by atoms with E-state index in [1.165, 1.54) is 11.8 Å². The third-order valence-electron chi connectivity index (χ3n) is 7.28. The molecule has 3 fully saturated rings. The molecule has 184 valence electrons. The fraction of sp³-hybridized carbons (Fsp3) is 0.600. The van der Waals surface area contributed by atoms with Crippen LogP contribution >= 0.6 is 11.8 Å². The Hall–Kier alpha value is -2.23. The van der Waals surface area contributed by atoms with Crippen molar-refractivity contribution in [1.82, 2.24) is 16.0 Å². The van der Waals surface area contributed by atoms with Crippen molar-refractivity contribution in [3.63, 3.8) is 0 Å². The van der Waals surface area contributed by atoms with Crippen LogP contribution < -0.4 is 31.3 Å². The zero-order chi connectivity index (χ0) is 24.0. The molecule has 1 aromatic carbocycles. The molecule has 3 unspecified atom stereocenters. The van der Waals surface area contributed by atoms with Crippen molar-refractivity contribution >= 4 is 29.4 Å². The fourth-order valence-electron chi connectivity index (χ4n) is 5.72. The summed E-state index contributed by atoms with van der Waals surface area (Å²) in [5.74, 6) is 0.717. The number of aryl methyl sites for hydroxylation is 1. The van der Waals surface area contributed by atoms with Crippen LogP contribution in [0.15, 0.2) is 28.8 Å². The Morgan fingerprint density at radius 2 is 2.06 bits per heavy atom. The first kappa shape index (κ1) is 23.5. The normalized spacial score (nSPS) is 30.8. The molecule has 5 N–H and O–H groups in total. The summed E-state index contributed by atoms with van der Waals surface area (Å²) in [5, 5.41) is 9.87. The highest BCUT2D eigenvalue weighted by atomic mass is 32.2. The summed E-state index contributed by atoms with van der Waals surface area (Å²) >= 11 is 1.54. The molecule has 34 heavy (non-hydrogen) atoms. The van der Waals surface area contributed by atoms with Crippen LogP contribution in [0.5, 0.6) is 5.75 Å². The number of ether oxygens (including phenoxy) is 1. The molecule has 1 aliphatic carbocycles. The Balaban J connectivity index is 1.41. The lowest BCUT2D eigenvalue weighted by molar-refractivity contribution is -0.117. The van der Waals surface area contributed by atoms with Crippen molar-refractivity contribution in [3.8, 4) is 5.75 Å². The number of nitrogens with zero attached hydrogens (tertiary/aromatic N) is 1. The maximum atomic E-state index is 13.4. The summed E-state index contributed by atoms with van der Waals surface area (Å²) in [6.45, 7) is 6.80. The molecule has 8 nitrogen and oxygen atoms in total. The summed E-state index contributed by atoms with van der Waals surface area (Å²) in [6.07, 6.45) is 4.95. The highest BCUT2D eigenvalue weighted by Gasteiger charge is 2.52. The van der Waals surface area contributed by atoms with Crippen LogP contribution in [0.1, 0.15) is 51.5 Å². The minimum atomic E-state index is -0.181. The first-order valence-corrected chi connectivity index (χ1v) is 13.3. The molecule has 0 radical (unpaired) electrons. The average Bonchev–Trinajstić information content (AvgIpc) is 3.16. The molecular formula is C25H35N5O3S. The van der Waals surface area contributed by atoms with E-state index in [1.54, 1.807) is 0 Å². The van der Waals surface area contributed by atoms with Crippen LogP contribution in [0.3, 0.4) is 0 Å². The van der Waals surface area contributed by atoms with Crippen molar-refractivity contribution < 1.29 is 14.3 Å². The van der Waals surface area contributed by atoms with Crippen molar-refractivity contribution in [3.05, 3.63) is 34.4 Å². The number of carbonyl (C=O) groups is 2. The molecule has 3 amide bonds. The van der Waals surface area contributed by atoms with Crippen LogP contribution in [0.25, 0.3) is 0 Å². The molecule has 3 aliphatic heterocycles. The number of nitrogens with one attached hydrogen (secondary N) is 3. The zero-order valence-electron chi connectivity index (χ0n) is 20.1. The molecule has 0 spiro atoms. The van der Waals surface area contributed by atoms with Gasteiger partial charge in [0.05, 0.1) is 22.4 Å². The van der Waals surface area contributed by atoms with Gasteiger partial charge in [-0.15, -0.1) is 0 Å². The number of piperidine rings is 1. The van der Waals surface area contributed by atoms with Gasteiger partial charge in [-0.05, 0) is 70.3 Å². The van der Waals surface area contributed by atoms with Gasteiger partial charge in [0.25, 0.3) is 5.91 Å². The Morgan fingerprint density at radius 3 is 2.79 bits per heavy atom. The van der Waals surface area contributed by atoms with E-state index in [-0.39, 0.29) is 47.5 Å². The number of hydrogen-bond donors (Lipinski definition) is 4. The van der Waals surface area contributed by atoms with E-state index >= 15 is 0 Å². The minimum Gasteiger partial charge on any atom is -0.491 e. The summed E-state index contributed by atoms with van der Waals surface area (Å²) < 4.78 is 5.83. The predicted molar refractivity (Wildman–Crippen MR) is 135 cm³/mol. The second-order valence-electron chi connectivity index (χ2n) is 10.1. The molecule has 1 aromatic rings. The lowest BCUT2D eigenvalue weighted by atomic mass is 9.86. The molecule has 5 rings (SSSR count). The monoisotopic (exact) mass is 485 g/mol. The van der Waals surface area contributed by atoms with Gasteiger partial charge < -0.3 is 26.4 Å². The van der Waals surface area contributed by atoms with Gasteiger partial charge in [0.2, 0.25) is 0 Å². The number of carbonyl (C=O) groups excluding carboxylic acids is 2. The SMILES string of the molecule is Cc1cc(OC(C)C)ccc1N1C(=O)NC2=C(C(=O)N[C@@H]3CCCC[C@@H]3N)SC3NCCC1C23. The lowest BCUT2D eigenvalue weighted by Crippen LogP contribution is -2.62. The first-order valence-electron chi connectivity index (χ1n) is 12.4. The topological polar surface area (TPSA) is 109 Å². The summed E-state index contributed by atoms with van der Waals surface area (Å²) in [5.41, 5.74) is 8.90. The first-order chi connectivity index (χ1) is 16.3. The van der Waals surface area contributed by atoms with E-state index in [9.17, 15) is 9.59 Å². The van der Waals surface area contributed by atoms with E-state index < -0.39 is 0 Å². The maximum absolute atomic E-state index is 13.4. The van der Waals surface area contributed by atoms with E-state index in [0.717, 1.165) is 61.3 Å². The van der Waals surface area contributed by atoms with Gasteiger partial charge in [0, 0.05) is 29.4 Å². The van der Waals surface area contributed by atoms with Crippen molar-refractivity contribution in [1.29, 1.82) is 0 Å². The molecule has 0 bridgehead atoms. The van der Waals surface area contributed by atoms with Gasteiger partial charge in [-0.2, -0.15) is 0 Å². The second-order valence-corrected chi connectivity index (χ2v) is 11.2. The second kappa shape index (κ2) is 9.43. The van der Waals surface area contributed by atoms with Crippen LogP contribution in [0, 0.1) is 12.8 Å². The lowest BCUT2D eigenvalue weighted by Gasteiger charge is -2.46. The van der Waals surface area contributed by atoms with Gasteiger partial charge in [-0.3, -0.25) is 9.69 Å². The van der Waals surface area contributed by atoms with E-state index in [2.05, 4.69) is 16.0 Å². The Bertz CT molecular complexity index is 1010. The van der Waals surface area contributed by atoms with E-state index in [0.29, 0.717) is 4.91 Å². The van der Waals surface area contributed by atoms with Crippen LogP contribution in [0.2, 0.25) is 0 Å². The standard InChI is InChI=1S/C25H35N5O3S/c1-13(2)33-15-8-9-18(14(3)12-15)30-19-10-11-27-24-20(19)21(29-25(30)32)22(34-24)23(31)28-17-7-5-4-6-16(17)26/h8-9,12-13,16-17,19-20,24,27H,4-7,10-11,26H2,1-3H3,(H,28,31)(H,29,32)/t16-,17+,19?,20?,24?/m0/s1. The van der Waals surface area contributed by atoms with Gasteiger partial charge in [0.1, 0.15) is 5.75 Å². The molecule has 4 aliphatic rings. The molecule has 0 aromatic heterocycles. The number of rotatable bonds is 5. The number of nitrogens with two attached hydrogens (primary N) is 1. The third kappa shape index (κ3) is 4.29. The largest absolute Gasteiger partial charge is 0.491 e. The van der Waals surface area contributed by atoms with Crippen molar-refractivity contribution in [2.75, 3.05) is 11.4 Å². The number of anilines is 1. The highest BCUT2D eigenvalue weighted by molar-refractivity contribution is 8.04. The van der Waals surface area contributed by atoms with Crippen molar-refractivity contribution in [2.24, 2.45) is 11.7 Å². The number of amides is 3. The van der Waals surface area contributed by atoms with Gasteiger partial charge >= 0.3 is 6.03 Å².